The average Bonchev–Trinajstić information content (AvgIpc) is 2.93. The Bertz CT molecular complexity index is 1000. The van der Waals surface area contributed by atoms with Crippen molar-refractivity contribution in [2.45, 2.75) is 63.2 Å². The van der Waals surface area contributed by atoms with E-state index in [4.69, 9.17) is 19.3 Å². The molecule has 0 amide bonds. The molecule has 38 heavy (non-hydrogen) atoms. The van der Waals surface area contributed by atoms with Gasteiger partial charge in [0.2, 0.25) is 0 Å². The molecule has 0 aromatic heterocycles. The van der Waals surface area contributed by atoms with Gasteiger partial charge in [-0.25, -0.2) is 8.78 Å². The molecule has 0 spiro atoms. The number of halogens is 2. The van der Waals surface area contributed by atoms with Crippen molar-refractivity contribution in [2.24, 2.45) is 11.8 Å². The standard InChI is InChI=1S/C15H19FO3.C14H19FO2.Al.Li.H/c1-18-12-7-8-14(16)13(9-12)10-3-5-11(6-4-10)15(17)19-2;1-17-12-6-7-14(15)13(8-12)11-4-2-10(9-16)3-5-11;;;/h7-11H,3-6H2,1-2H3;6-8,10-11,16H,2-5,9H2,1H3;;;/q;;;+1;-1. The number of aliphatic hydroxyl groups excluding tert-OH is 1. The van der Waals surface area contributed by atoms with Gasteiger partial charge in [-0.15, -0.1) is 0 Å². The predicted octanol–water partition coefficient (Wildman–Crippen LogP) is 3.12. The van der Waals surface area contributed by atoms with E-state index >= 15 is 0 Å². The summed E-state index contributed by atoms with van der Waals surface area (Å²) in [4.78, 5) is 11.5. The predicted molar refractivity (Wildman–Crippen MR) is 141 cm³/mol. The summed E-state index contributed by atoms with van der Waals surface area (Å²) in [6.45, 7) is 0.257. The van der Waals surface area contributed by atoms with Crippen LogP contribution in [0.15, 0.2) is 36.4 Å². The summed E-state index contributed by atoms with van der Waals surface area (Å²) in [5.41, 5.74) is 1.46. The summed E-state index contributed by atoms with van der Waals surface area (Å²) in [6.07, 6.45) is 7.01. The fourth-order valence-electron chi connectivity index (χ4n) is 5.39. The summed E-state index contributed by atoms with van der Waals surface area (Å²) in [5, 5.41) is 9.09. The molecule has 0 unspecified atom stereocenters. The molecule has 2 aliphatic carbocycles. The average molecular weight is 540 g/mol. The molecule has 2 aliphatic rings. The van der Waals surface area contributed by atoms with E-state index in [2.05, 4.69) is 0 Å². The van der Waals surface area contributed by atoms with Gasteiger partial charge in [0.1, 0.15) is 23.1 Å². The van der Waals surface area contributed by atoms with Crippen molar-refractivity contribution in [1.29, 1.82) is 0 Å². The number of aliphatic hydroxyl groups is 1. The molecule has 2 saturated carbocycles. The van der Waals surface area contributed by atoms with Gasteiger partial charge >= 0.3 is 24.8 Å². The van der Waals surface area contributed by atoms with Crippen LogP contribution in [0.5, 0.6) is 11.5 Å². The number of hydrogen-bond acceptors (Lipinski definition) is 5. The Morgan fingerprint density at radius 2 is 1.24 bits per heavy atom. The zero-order valence-electron chi connectivity index (χ0n) is 24.1. The van der Waals surface area contributed by atoms with Crippen LogP contribution in [-0.4, -0.2) is 56.4 Å². The normalized spacial score (nSPS) is 22.5. The molecule has 3 radical (unpaired) electrons. The molecule has 203 valence electrons. The Morgan fingerprint density at radius 1 is 0.816 bits per heavy atom. The van der Waals surface area contributed by atoms with E-state index in [9.17, 15) is 13.6 Å². The summed E-state index contributed by atoms with van der Waals surface area (Å²) in [7, 11) is 4.58. The Balaban J connectivity index is 0.000000691. The first-order valence-corrected chi connectivity index (χ1v) is 12.8. The quantitative estimate of drug-likeness (QED) is 0.452. The van der Waals surface area contributed by atoms with E-state index < -0.39 is 0 Å². The van der Waals surface area contributed by atoms with Crippen LogP contribution in [0, 0.1) is 23.5 Å². The molecule has 0 atom stereocenters. The van der Waals surface area contributed by atoms with Crippen molar-refractivity contribution in [2.75, 3.05) is 27.9 Å². The molecule has 9 heteroatoms. The van der Waals surface area contributed by atoms with Gasteiger partial charge in [-0.1, -0.05) is 0 Å². The van der Waals surface area contributed by atoms with Crippen LogP contribution < -0.4 is 28.3 Å². The van der Waals surface area contributed by atoms with E-state index in [1.54, 1.807) is 38.5 Å². The molecular formula is C29H39AlF2LiO5. The maximum Gasteiger partial charge on any atom is 1.00 e. The number of rotatable bonds is 6. The van der Waals surface area contributed by atoms with Crippen LogP contribution in [0.1, 0.15) is 75.8 Å². The topological polar surface area (TPSA) is 65.0 Å². The van der Waals surface area contributed by atoms with Crippen LogP contribution >= 0.6 is 0 Å². The van der Waals surface area contributed by atoms with E-state index in [1.165, 1.54) is 19.2 Å². The minimum atomic E-state index is -0.192. The van der Waals surface area contributed by atoms with Gasteiger partial charge in [-0.05, 0) is 117 Å². The maximum atomic E-state index is 13.9. The van der Waals surface area contributed by atoms with E-state index in [0.29, 0.717) is 23.0 Å². The molecule has 4 rings (SSSR count). The van der Waals surface area contributed by atoms with Gasteiger partial charge in [0, 0.05) is 24.0 Å². The first kappa shape index (κ1) is 34.5. The van der Waals surface area contributed by atoms with Gasteiger partial charge in [-0.2, -0.15) is 0 Å². The zero-order chi connectivity index (χ0) is 26.1. The zero-order valence-corrected chi connectivity index (χ0v) is 24.2. The van der Waals surface area contributed by atoms with Crippen molar-refractivity contribution in [3.05, 3.63) is 59.2 Å². The molecule has 2 fully saturated rings. The van der Waals surface area contributed by atoms with Crippen molar-refractivity contribution < 1.29 is 53.2 Å². The third kappa shape index (κ3) is 9.29. The Morgan fingerprint density at radius 3 is 1.61 bits per heavy atom. The number of carbonyl (C=O) groups excluding carboxylic acids is 1. The van der Waals surface area contributed by atoms with Gasteiger partial charge in [-0.3, -0.25) is 4.79 Å². The summed E-state index contributed by atoms with van der Waals surface area (Å²) in [5.74, 6) is 1.71. The number of ether oxygens (including phenoxy) is 3. The summed E-state index contributed by atoms with van der Waals surface area (Å²) < 4.78 is 42.7. The monoisotopic (exact) mass is 539 g/mol. The maximum absolute atomic E-state index is 13.9. The number of carbonyl (C=O) groups is 1. The fourth-order valence-corrected chi connectivity index (χ4v) is 5.39. The summed E-state index contributed by atoms with van der Waals surface area (Å²) in [6, 6.07) is 9.77. The van der Waals surface area contributed by atoms with Gasteiger partial charge < -0.3 is 20.7 Å². The first-order valence-electron chi connectivity index (χ1n) is 12.8. The molecule has 0 saturated heterocycles. The molecule has 5 nitrogen and oxygen atoms in total. The largest absolute Gasteiger partial charge is 1.00 e. The van der Waals surface area contributed by atoms with Gasteiger partial charge in [0.15, 0.2) is 0 Å². The minimum absolute atomic E-state index is 0. The van der Waals surface area contributed by atoms with E-state index in [0.717, 1.165) is 56.9 Å². The first-order chi connectivity index (χ1) is 17.4. The smallest absolute Gasteiger partial charge is 1.00 e. The second kappa shape index (κ2) is 17.2. The molecule has 0 aliphatic heterocycles. The Kier molecular flexibility index (Phi) is 15.6. The van der Waals surface area contributed by atoms with Crippen molar-refractivity contribution in [1.82, 2.24) is 0 Å². The second-order valence-electron chi connectivity index (χ2n) is 9.75. The Labute approximate surface area is 249 Å². The van der Waals surface area contributed by atoms with Crippen LogP contribution in [0.25, 0.3) is 0 Å². The van der Waals surface area contributed by atoms with Crippen molar-refractivity contribution >= 4 is 23.3 Å². The number of hydrogen-bond donors (Lipinski definition) is 1. The van der Waals surface area contributed by atoms with Crippen LogP contribution in [0.2, 0.25) is 0 Å². The third-order valence-corrected chi connectivity index (χ3v) is 7.65. The van der Waals surface area contributed by atoms with Crippen molar-refractivity contribution in [3.8, 4) is 11.5 Å². The molecule has 2 aromatic carbocycles. The number of benzene rings is 2. The SMILES string of the molecule is COC(=O)C1CCC(c2cc(OC)ccc2F)CC1.COc1ccc(F)c(C2CCC(CO)CC2)c1.[Al].[H-].[Li+]. The van der Waals surface area contributed by atoms with Crippen molar-refractivity contribution in [3.63, 3.8) is 0 Å². The van der Waals surface area contributed by atoms with Crippen LogP contribution in [0.4, 0.5) is 8.78 Å². The number of methoxy groups -OCH3 is 3. The minimum Gasteiger partial charge on any atom is -1.00 e. The molecule has 0 bridgehead atoms. The van der Waals surface area contributed by atoms with E-state index in [-0.39, 0.29) is 79.6 Å². The molecular weight excluding hydrogens is 500 g/mol. The van der Waals surface area contributed by atoms with Crippen LogP contribution in [-0.2, 0) is 9.53 Å². The van der Waals surface area contributed by atoms with E-state index in [1.807, 2.05) is 0 Å². The summed E-state index contributed by atoms with van der Waals surface area (Å²) >= 11 is 0. The molecule has 2 aromatic rings. The molecule has 0 heterocycles. The Hall–Kier alpha value is -1.54. The van der Waals surface area contributed by atoms with Crippen LogP contribution in [0.3, 0.4) is 0 Å². The second-order valence-corrected chi connectivity index (χ2v) is 9.75. The fraction of sp³-hybridized carbons (Fsp3) is 0.552. The third-order valence-electron chi connectivity index (χ3n) is 7.65. The van der Waals surface area contributed by atoms with Gasteiger partial charge in [0.25, 0.3) is 0 Å². The number of esters is 1. The molecule has 1 N–H and O–H groups in total. The van der Waals surface area contributed by atoms with Gasteiger partial charge in [0.05, 0.1) is 27.2 Å².